The normalized spacial score (nSPS) is 12.5. The Hall–Kier alpha value is -1.25. The minimum Gasteiger partial charge on any atom is -0.375 e. The Balaban J connectivity index is 4.71. The molecule has 0 aliphatic rings. The lowest BCUT2D eigenvalue weighted by atomic mass is 10.1. The Morgan fingerprint density at radius 2 is 1.92 bits per heavy atom. The second-order valence-electron chi connectivity index (χ2n) is 3.93. The summed E-state index contributed by atoms with van der Waals surface area (Å²) in [5.74, 6) is -0.453. The summed E-state index contributed by atoms with van der Waals surface area (Å²) in [6.07, 6.45) is 3.17. The molecule has 0 unspecified atom stereocenters. The van der Waals surface area contributed by atoms with Crippen LogP contribution >= 0.6 is 0 Å². The predicted molar refractivity (Wildman–Crippen MR) is 55.0 cm³/mol. The molecule has 1 amide bonds. The molecule has 0 spiro atoms. The van der Waals surface area contributed by atoms with Gasteiger partial charge in [-0.15, -0.1) is 0 Å². The molecule has 0 aliphatic carbocycles. The standard InChI is InChI=1S/C10H18N2O/c1-6-8(9(11)13)7-12(5)10(2,3)4/h6-7H,1H2,2-5H3,(H2,11,13)/b8-7+. The number of primary amides is 1. The molecule has 3 nitrogen and oxygen atoms in total. The summed E-state index contributed by atoms with van der Waals surface area (Å²) in [6, 6.07) is 0. The van der Waals surface area contributed by atoms with Crippen LogP contribution in [0.15, 0.2) is 24.4 Å². The first-order valence-electron chi connectivity index (χ1n) is 4.16. The van der Waals surface area contributed by atoms with E-state index < -0.39 is 5.91 Å². The lowest BCUT2D eigenvalue weighted by Gasteiger charge is -2.31. The molecule has 0 heterocycles. The van der Waals surface area contributed by atoms with Crippen LogP contribution in [-0.2, 0) is 4.79 Å². The highest BCUT2D eigenvalue weighted by Crippen LogP contribution is 2.12. The van der Waals surface area contributed by atoms with Gasteiger partial charge in [0.15, 0.2) is 0 Å². The smallest absolute Gasteiger partial charge is 0.250 e. The zero-order valence-electron chi connectivity index (χ0n) is 8.79. The SMILES string of the molecule is C=C/C(=C\N(C)C(C)(C)C)C(N)=O. The summed E-state index contributed by atoms with van der Waals surface area (Å²) < 4.78 is 0. The first-order chi connectivity index (χ1) is 5.79. The molecule has 13 heavy (non-hydrogen) atoms. The van der Waals surface area contributed by atoms with Gasteiger partial charge in [-0.2, -0.15) is 0 Å². The minimum atomic E-state index is -0.453. The van der Waals surface area contributed by atoms with Crippen molar-refractivity contribution in [2.24, 2.45) is 5.73 Å². The summed E-state index contributed by atoms with van der Waals surface area (Å²) in [5, 5.41) is 0. The minimum absolute atomic E-state index is 0.0241. The van der Waals surface area contributed by atoms with Crippen molar-refractivity contribution in [2.75, 3.05) is 7.05 Å². The topological polar surface area (TPSA) is 46.3 Å². The zero-order valence-corrected chi connectivity index (χ0v) is 8.79. The average Bonchev–Trinajstić information content (AvgIpc) is 1.96. The molecule has 0 rings (SSSR count). The van der Waals surface area contributed by atoms with Gasteiger partial charge in [-0.1, -0.05) is 12.7 Å². The van der Waals surface area contributed by atoms with E-state index in [1.54, 1.807) is 6.20 Å². The molecule has 0 fully saturated rings. The molecule has 2 N–H and O–H groups in total. The van der Waals surface area contributed by atoms with Crippen molar-refractivity contribution in [3.8, 4) is 0 Å². The maximum atomic E-state index is 10.8. The number of amides is 1. The molecule has 0 aliphatic heterocycles. The third-order valence-corrected chi connectivity index (χ3v) is 1.90. The molecule has 0 saturated carbocycles. The van der Waals surface area contributed by atoms with Gasteiger partial charge in [0.05, 0.1) is 5.57 Å². The van der Waals surface area contributed by atoms with E-state index in [-0.39, 0.29) is 5.54 Å². The van der Waals surface area contributed by atoms with Crippen LogP contribution < -0.4 is 5.73 Å². The Kier molecular flexibility index (Phi) is 3.72. The van der Waals surface area contributed by atoms with E-state index in [9.17, 15) is 4.79 Å². The van der Waals surface area contributed by atoms with Gasteiger partial charge in [-0.05, 0) is 20.8 Å². The lowest BCUT2D eigenvalue weighted by Crippen LogP contribution is -2.34. The molecule has 0 bridgehead atoms. The second kappa shape index (κ2) is 4.12. The fourth-order valence-corrected chi connectivity index (χ4v) is 0.619. The molecule has 74 valence electrons. The first-order valence-corrected chi connectivity index (χ1v) is 4.16. The van der Waals surface area contributed by atoms with E-state index in [1.165, 1.54) is 6.08 Å². The fourth-order valence-electron chi connectivity index (χ4n) is 0.619. The number of rotatable bonds is 3. The number of carbonyl (C=O) groups is 1. The second-order valence-corrected chi connectivity index (χ2v) is 3.93. The highest BCUT2D eigenvalue weighted by molar-refractivity contribution is 5.94. The number of carbonyl (C=O) groups excluding carboxylic acids is 1. The van der Waals surface area contributed by atoms with Crippen LogP contribution in [0.5, 0.6) is 0 Å². The van der Waals surface area contributed by atoms with Crippen LogP contribution in [0.1, 0.15) is 20.8 Å². The third kappa shape index (κ3) is 3.78. The van der Waals surface area contributed by atoms with Gasteiger partial charge in [-0.25, -0.2) is 0 Å². The Labute approximate surface area is 79.9 Å². The molecule has 0 aromatic heterocycles. The van der Waals surface area contributed by atoms with Gasteiger partial charge in [-0.3, -0.25) is 4.79 Å². The van der Waals surface area contributed by atoms with Gasteiger partial charge in [0, 0.05) is 18.8 Å². The van der Waals surface area contributed by atoms with Crippen molar-refractivity contribution in [2.45, 2.75) is 26.3 Å². The molecule has 0 aromatic rings. The highest BCUT2D eigenvalue weighted by Gasteiger charge is 2.14. The zero-order chi connectivity index (χ0) is 10.6. The molecule has 0 saturated heterocycles. The van der Waals surface area contributed by atoms with E-state index in [2.05, 4.69) is 6.58 Å². The number of nitrogens with zero attached hydrogens (tertiary/aromatic N) is 1. The van der Waals surface area contributed by atoms with Crippen molar-refractivity contribution in [3.63, 3.8) is 0 Å². The van der Waals surface area contributed by atoms with Gasteiger partial charge < -0.3 is 10.6 Å². The lowest BCUT2D eigenvalue weighted by molar-refractivity contribution is -0.114. The van der Waals surface area contributed by atoms with E-state index in [1.807, 2.05) is 32.7 Å². The average molecular weight is 182 g/mol. The molecule has 0 atom stereocenters. The molecule has 3 heteroatoms. The van der Waals surface area contributed by atoms with Crippen molar-refractivity contribution >= 4 is 5.91 Å². The van der Waals surface area contributed by atoms with Crippen molar-refractivity contribution in [1.29, 1.82) is 0 Å². The van der Waals surface area contributed by atoms with E-state index in [4.69, 9.17) is 5.73 Å². The quantitative estimate of drug-likeness (QED) is 0.528. The van der Waals surface area contributed by atoms with Gasteiger partial charge >= 0.3 is 0 Å². The monoisotopic (exact) mass is 182 g/mol. The summed E-state index contributed by atoms with van der Waals surface area (Å²) in [5.41, 5.74) is 5.54. The van der Waals surface area contributed by atoms with Gasteiger partial charge in [0.1, 0.15) is 0 Å². The van der Waals surface area contributed by atoms with Crippen LogP contribution in [0.3, 0.4) is 0 Å². The van der Waals surface area contributed by atoms with Crippen LogP contribution in [0.2, 0.25) is 0 Å². The van der Waals surface area contributed by atoms with Gasteiger partial charge in [0.25, 0.3) is 0 Å². The first kappa shape index (κ1) is 11.8. The number of hydrogen-bond acceptors (Lipinski definition) is 2. The van der Waals surface area contributed by atoms with Crippen LogP contribution in [-0.4, -0.2) is 23.4 Å². The molecular weight excluding hydrogens is 164 g/mol. The van der Waals surface area contributed by atoms with Crippen molar-refractivity contribution in [1.82, 2.24) is 4.90 Å². The fraction of sp³-hybridized carbons (Fsp3) is 0.500. The Morgan fingerprint density at radius 3 is 2.15 bits per heavy atom. The molecule has 0 aromatic carbocycles. The van der Waals surface area contributed by atoms with Gasteiger partial charge in [0.2, 0.25) is 5.91 Å². The molecule has 0 radical (unpaired) electrons. The Bertz CT molecular complexity index is 236. The van der Waals surface area contributed by atoms with E-state index in [0.717, 1.165) is 0 Å². The van der Waals surface area contributed by atoms with E-state index >= 15 is 0 Å². The Morgan fingerprint density at radius 1 is 1.46 bits per heavy atom. The molecular formula is C10H18N2O. The summed E-state index contributed by atoms with van der Waals surface area (Å²) in [4.78, 5) is 12.8. The van der Waals surface area contributed by atoms with Crippen LogP contribution in [0.25, 0.3) is 0 Å². The largest absolute Gasteiger partial charge is 0.375 e. The van der Waals surface area contributed by atoms with Crippen LogP contribution in [0.4, 0.5) is 0 Å². The van der Waals surface area contributed by atoms with Crippen LogP contribution in [0, 0.1) is 0 Å². The summed E-state index contributed by atoms with van der Waals surface area (Å²) >= 11 is 0. The van der Waals surface area contributed by atoms with E-state index in [0.29, 0.717) is 5.57 Å². The highest BCUT2D eigenvalue weighted by atomic mass is 16.1. The maximum Gasteiger partial charge on any atom is 0.250 e. The summed E-state index contributed by atoms with van der Waals surface area (Å²) in [7, 11) is 1.90. The third-order valence-electron chi connectivity index (χ3n) is 1.90. The predicted octanol–water partition coefficient (Wildman–Crippen LogP) is 1.27. The maximum absolute atomic E-state index is 10.8. The number of nitrogens with two attached hydrogens (primary N) is 1. The summed E-state index contributed by atoms with van der Waals surface area (Å²) in [6.45, 7) is 9.66. The van der Waals surface area contributed by atoms with Crippen molar-refractivity contribution < 1.29 is 4.79 Å². The number of hydrogen-bond donors (Lipinski definition) is 1. The van der Waals surface area contributed by atoms with Crippen molar-refractivity contribution in [3.05, 3.63) is 24.4 Å².